The maximum atomic E-state index is 15.2. The van der Waals surface area contributed by atoms with E-state index in [1.807, 2.05) is 66.7 Å². The molecule has 4 heteroatoms. The number of hydrogen-bond donors (Lipinski definition) is 0. The molecule has 3 aromatic carbocycles. The zero-order valence-electron chi connectivity index (χ0n) is 14.6. The second kappa shape index (κ2) is 6.89. The van der Waals surface area contributed by atoms with E-state index >= 15 is 4.39 Å². The lowest BCUT2D eigenvalue weighted by Gasteiger charge is -2.09. The Morgan fingerprint density at radius 3 is 2.33 bits per heavy atom. The van der Waals surface area contributed by atoms with E-state index in [0.29, 0.717) is 22.3 Å². The van der Waals surface area contributed by atoms with Gasteiger partial charge in [0.25, 0.3) is 0 Å². The summed E-state index contributed by atoms with van der Waals surface area (Å²) in [4.78, 5) is 4.34. The first-order chi connectivity index (χ1) is 13.2. The highest BCUT2D eigenvalue weighted by atomic mass is 19.1. The molecule has 0 aliphatic carbocycles. The Labute approximate surface area is 156 Å². The minimum absolute atomic E-state index is 0.00344. The molecule has 0 fully saturated rings. The molecule has 0 amide bonds. The number of aromatic nitrogens is 1. The third kappa shape index (κ3) is 3.00. The van der Waals surface area contributed by atoms with Gasteiger partial charge in [-0.1, -0.05) is 60.7 Å². The van der Waals surface area contributed by atoms with Crippen molar-refractivity contribution in [3.05, 3.63) is 89.1 Å². The number of benzene rings is 3. The van der Waals surface area contributed by atoms with Gasteiger partial charge in [0.05, 0.1) is 5.56 Å². The normalized spacial score (nSPS) is 11.1. The second-order valence-corrected chi connectivity index (χ2v) is 6.14. The molecule has 0 saturated heterocycles. The third-order valence-corrected chi connectivity index (χ3v) is 4.44. The minimum Gasteiger partial charge on any atom is -0.434 e. The quantitative estimate of drug-likeness (QED) is 0.454. The average molecular weight is 354 g/mol. The number of nitrogens with zero attached hydrogens (tertiary/aromatic N) is 2. The molecule has 3 nitrogen and oxygen atoms in total. The van der Waals surface area contributed by atoms with Crippen LogP contribution in [-0.2, 0) is 0 Å². The first-order valence-corrected chi connectivity index (χ1v) is 8.50. The Bertz CT molecular complexity index is 1190. The highest BCUT2D eigenvalue weighted by Gasteiger charge is 2.22. The fourth-order valence-electron chi connectivity index (χ4n) is 3.12. The van der Waals surface area contributed by atoms with E-state index < -0.39 is 5.82 Å². The smallest absolute Gasteiger partial charge is 0.220 e. The summed E-state index contributed by atoms with van der Waals surface area (Å²) in [6.45, 7) is 1.73. The summed E-state index contributed by atoms with van der Waals surface area (Å²) in [6.07, 6.45) is 3.51. The van der Waals surface area contributed by atoms with Crippen LogP contribution in [0.3, 0.4) is 0 Å². The zero-order valence-corrected chi connectivity index (χ0v) is 14.6. The molecule has 130 valence electrons. The van der Waals surface area contributed by atoms with E-state index in [2.05, 4.69) is 11.1 Å². The summed E-state index contributed by atoms with van der Waals surface area (Å²) in [5.74, 6) is -0.242. The molecule has 0 unspecified atom stereocenters. The molecule has 27 heavy (non-hydrogen) atoms. The van der Waals surface area contributed by atoms with Crippen molar-refractivity contribution in [3.63, 3.8) is 0 Å². The molecule has 0 N–H and O–H groups in total. The standard InChI is InChI=1S/C23H15FN2O/c1-15-18(14-25)22-23(21(24)20(15)17-10-6-3-7-11-17)27-19(26-22)13-12-16-8-4-2-5-9-16/h2-13H,1H3. The van der Waals surface area contributed by atoms with Crippen LogP contribution in [0.1, 0.15) is 22.6 Å². The van der Waals surface area contributed by atoms with Gasteiger partial charge < -0.3 is 4.42 Å². The number of halogens is 1. The lowest BCUT2D eigenvalue weighted by Crippen LogP contribution is -1.95. The van der Waals surface area contributed by atoms with Crippen LogP contribution in [0.15, 0.2) is 65.1 Å². The third-order valence-electron chi connectivity index (χ3n) is 4.44. The van der Waals surface area contributed by atoms with Crippen molar-refractivity contribution in [2.75, 3.05) is 0 Å². The predicted molar refractivity (Wildman–Crippen MR) is 104 cm³/mol. The summed E-state index contributed by atoms with van der Waals surface area (Å²) in [7, 11) is 0. The van der Waals surface area contributed by atoms with Crippen LogP contribution in [0.2, 0.25) is 0 Å². The highest BCUT2D eigenvalue weighted by molar-refractivity contribution is 5.90. The van der Waals surface area contributed by atoms with Crippen molar-refractivity contribution < 1.29 is 8.81 Å². The summed E-state index contributed by atoms with van der Waals surface area (Å²) in [5, 5.41) is 9.62. The van der Waals surface area contributed by atoms with Gasteiger partial charge in [-0.3, -0.25) is 0 Å². The molecule has 0 atom stereocenters. The second-order valence-electron chi connectivity index (χ2n) is 6.14. The van der Waals surface area contributed by atoms with E-state index in [4.69, 9.17) is 4.42 Å². The number of nitriles is 1. The maximum absolute atomic E-state index is 15.2. The Hall–Kier alpha value is -3.71. The van der Waals surface area contributed by atoms with Crippen molar-refractivity contribution in [3.8, 4) is 17.2 Å². The van der Waals surface area contributed by atoms with Crippen molar-refractivity contribution in [1.29, 1.82) is 5.26 Å². The minimum atomic E-state index is -0.500. The van der Waals surface area contributed by atoms with Gasteiger partial charge in [0.1, 0.15) is 11.6 Å². The van der Waals surface area contributed by atoms with Crippen LogP contribution in [0.25, 0.3) is 34.4 Å². The largest absolute Gasteiger partial charge is 0.434 e. The predicted octanol–water partition coefficient (Wildman–Crippen LogP) is 5.98. The summed E-state index contributed by atoms with van der Waals surface area (Å²) in [5.41, 5.74) is 3.18. The van der Waals surface area contributed by atoms with Gasteiger partial charge in [0, 0.05) is 11.6 Å². The van der Waals surface area contributed by atoms with Gasteiger partial charge in [0.2, 0.25) is 5.89 Å². The Balaban J connectivity index is 1.90. The molecule has 0 bridgehead atoms. The highest BCUT2D eigenvalue weighted by Crippen LogP contribution is 2.35. The summed E-state index contributed by atoms with van der Waals surface area (Å²) < 4.78 is 20.9. The molecule has 4 aromatic rings. The van der Waals surface area contributed by atoms with Gasteiger partial charge in [-0.15, -0.1) is 0 Å². The SMILES string of the molecule is Cc1c(-c2ccccc2)c(F)c2oc(C=Cc3ccccc3)nc2c1C#N. The Morgan fingerprint density at radius 2 is 1.67 bits per heavy atom. The summed E-state index contributed by atoms with van der Waals surface area (Å²) >= 11 is 0. The summed E-state index contributed by atoms with van der Waals surface area (Å²) in [6, 6.07) is 21.0. The van der Waals surface area contributed by atoms with Gasteiger partial charge in [-0.05, 0) is 29.7 Å². The molecule has 0 saturated carbocycles. The van der Waals surface area contributed by atoms with Crippen molar-refractivity contribution in [1.82, 2.24) is 4.98 Å². The zero-order chi connectivity index (χ0) is 18.8. The molecule has 0 spiro atoms. The van der Waals surface area contributed by atoms with Crippen LogP contribution in [0.5, 0.6) is 0 Å². The van der Waals surface area contributed by atoms with E-state index in [-0.39, 0.29) is 17.0 Å². The van der Waals surface area contributed by atoms with Gasteiger partial charge >= 0.3 is 0 Å². The van der Waals surface area contributed by atoms with Crippen LogP contribution in [-0.4, -0.2) is 4.98 Å². The lowest BCUT2D eigenvalue weighted by atomic mass is 9.95. The van der Waals surface area contributed by atoms with Gasteiger partial charge in [-0.2, -0.15) is 5.26 Å². The molecular weight excluding hydrogens is 339 g/mol. The molecule has 0 radical (unpaired) electrons. The topological polar surface area (TPSA) is 49.8 Å². The van der Waals surface area contributed by atoms with E-state index in [1.54, 1.807) is 13.0 Å². The van der Waals surface area contributed by atoms with Crippen LogP contribution in [0, 0.1) is 24.1 Å². The molecular formula is C23H15FN2O. The molecule has 1 aromatic heterocycles. The maximum Gasteiger partial charge on any atom is 0.220 e. The first-order valence-electron chi connectivity index (χ1n) is 8.50. The number of hydrogen-bond acceptors (Lipinski definition) is 3. The fourth-order valence-corrected chi connectivity index (χ4v) is 3.12. The van der Waals surface area contributed by atoms with Crippen molar-refractivity contribution in [2.45, 2.75) is 6.92 Å². The monoisotopic (exact) mass is 354 g/mol. The van der Waals surface area contributed by atoms with Crippen molar-refractivity contribution >= 4 is 23.3 Å². The molecule has 1 heterocycles. The van der Waals surface area contributed by atoms with Crippen molar-refractivity contribution in [2.24, 2.45) is 0 Å². The molecule has 0 aliphatic heterocycles. The molecule has 0 aliphatic rings. The molecule has 4 rings (SSSR count). The van der Waals surface area contributed by atoms with Crippen LogP contribution >= 0.6 is 0 Å². The van der Waals surface area contributed by atoms with Crippen LogP contribution in [0.4, 0.5) is 4.39 Å². The van der Waals surface area contributed by atoms with Crippen LogP contribution < -0.4 is 0 Å². The number of rotatable bonds is 3. The van der Waals surface area contributed by atoms with Gasteiger partial charge in [0.15, 0.2) is 11.4 Å². The van der Waals surface area contributed by atoms with E-state index in [1.165, 1.54) is 0 Å². The average Bonchev–Trinajstić information content (AvgIpc) is 3.13. The van der Waals surface area contributed by atoms with E-state index in [9.17, 15) is 5.26 Å². The fraction of sp³-hybridized carbons (Fsp3) is 0.0435. The number of fused-ring (bicyclic) bond motifs is 1. The Kier molecular flexibility index (Phi) is 4.27. The van der Waals surface area contributed by atoms with E-state index in [0.717, 1.165) is 5.56 Å². The van der Waals surface area contributed by atoms with Gasteiger partial charge in [-0.25, -0.2) is 9.37 Å². The lowest BCUT2D eigenvalue weighted by molar-refractivity contribution is 0.548. The first kappa shape index (κ1) is 16.7. The number of oxazole rings is 1. The Morgan fingerprint density at radius 1 is 1.00 bits per heavy atom.